The molecule has 4 rings (SSSR count). The summed E-state index contributed by atoms with van der Waals surface area (Å²) in [7, 11) is 0. The van der Waals surface area contributed by atoms with E-state index in [2.05, 4.69) is 102 Å². The first kappa shape index (κ1) is 30.6. The minimum absolute atomic E-state index is 0. The normalized spacial score (nSPS) is 32.2. The van der Waals surface area contributed by atoms with Crippen LogP contribution < -0.4 is 24.8 Å². The van der Waals surface area contributed by atoms with Crippen LogP contribution in [0.25, 0.3) is 0 Å². The van der Waals surface area contributed by atoms with E-state index in [9.17, 15) is 0 Å². The van der Waals surface area contributed by atoms with Crippen molar-refractivity contribution >= 4 is 5.43 Å². The molecule has 4 aliphatic carbocycles. The molecule has 0 nitrogen and oxygen atoms in total. The molecule has 30 heavy (non-hydrogen) atoms. The van der Waals surface area contributed by atoms with Gasteiger partial charge in [0.2, 0.25) is 0 Å². The van der Waals surface area contributed by atoms with Crippen LogP contribution in [0.3, 0.4) is 0 Å². The van der Waals surface area contributed by atoms with Gasteiger partial charge in [-0.1, -0.05) is 88.8 Å². The van der Waals surface area contributed by atoms with Gasteiger partial charge in [-0.2, -0.15) is 11.8 Å². The van der Waals surface area contributed by atoms with E-state index in [1.807, 2.05) is 0 Å². The Balaban J connectivity index is 0.000000452. The Hall–Kier alpha value is 0.640. The van der Waals surface area contributed by atoms with Gasteiger partial charge in [-0.3, -0.25) is 0 Å². The summed E-state index contributed by atoms with van der Waals surface area (Å²) in [6, 6.07) is 0. The maximum Gasteiger partial charge on any atom is -1.00 e. The van der Waals surface area contributed by atoms with E-state index in [1.54, 1.807) is 23.3 Å². The van der Waals surface area contributed by atoms with Crippen molar-refractivity contribution in [2.24, 2.45) is 47.3 Å². The second kappa shape index (κ2) is 15.5. The molecular weight excluding hydrogens is 503 g/mol. The molecule has 0 spiro atoms. The molecule has 0 heterocycles. The number of halogens is 2. The zero-order chi connectivity index (χ0) is 20.7. The third-order valence-electron chi connectivity index (χ3n) is 6.33. The van der Waals surface area contributed by atoms with E-state index >= 15 is 0 Å². The molecule has 2 fully saturated rings. The summed E-state index contributed by atoms with van der Waals surface area (Å²) in [6.45, 7) is 13.9. The number of rotatable bonds is 2. The molecular formula is C26H40Cl2SiZr-2. The fraction of sp³-hybridized carbons (Fsp3) is 0.615. The van der Waals surface area contributed by atoms with Crippen molar-refractivity contribution in [3.8, 4) is 0 Å². The van der Waals surface area contributed by atoms with Gasteiger partial charge in [-0.15, -0.1) is 24.0 Å². The van der Waals surface area contributed by atoms with E-state index in [0.29, 0.717) is 0 Å². The second-order valence-electron chi connectivity index (χ2n) is 9.69. The molecule has 4 heteroatoms. The quantitative estimate of drug-likeness (QED) is 0.364. The average Bonchev–Trinajstić information content (AvgIpc) is 3.26. The summed E-state index contributed by atoms with van der Waals surface area (Å²) in [5, 5.41) is 0. The summed E-state index contributed by atoms with van der Waals surface area (Å²) >= 11 is 1.74. The summed E-state index contributed by atoms with van der Waals surface area (Å²) in [5.74, 6) is 6.41. The molecule has 0 saturated heterocycles. The zero-order valence-electron chi connectivity index (χ0n) is 19.6. The average molecular weight is 543 g/mol. The van der Waals surface area contributed by atoms with E-state index in [0.717, 1.165) is 47.3 Å². The fourth-order valence-electron chi connectivity index (χ4n) is 4.57. The first-order valence-corrected chi connectivity index (χ1v) is 17.4. The van der Waals surface area contributed by atoms with Crippen molar-refractivity contribution in [2.45, 2.75) is 53.6 Å². The van der Waals surface area contributed by atoms with Crippen molar-refractivity contribution in [1.29, 1.82) is 0 Å². The third kappa shape index (κ3) is 10.1. The fourth-order valence-corrected chi connectivity index (χ4v) is 4.57. The standard InChI is InChI=1S/2C12H17.C2H6Si.2ClH.Zr/c2*1-9(2)12-7-10-5-3-4-6-11(10)8-12;1-3-2;;;/h2*3-7,9-12H,8H2,1-2H3;1-2H3;2*1H;/q2*-1;;;;+2/p-2. The van der Waals surface area contributed by atoms with Gasteiger partial charge < -0.3 is 37.7 Å². The van der Waals surface area contributed by atoms with Gasteiger partial charge in [-0.25, -0.2) is 0 Å². The van der Waals surface area contributed by atoms with Gasteiger partial charge in [0.05, 0.1) is 0 Å². The SMILES string of the molecule is CC(C)C1[CH-]C2C=CC=CC2C1.CC(C)C1[CH-]C2C=CC=CC2C1.C[Si](C)=[Zr+2].[Cl-].[Cl-]. The third-order valence-corrected chi connectivity index (χ3v) is 6.33. The van der Waals surface area contributed by atoms with Crippen LogP contribution in [-0.2, 0) is 23.3 Å². The topological polar surface area (TPSA) is 0 Å². The van der Waals surface area contributed by atoms with Crippen LogP contribution >= 0.6 is 0 Å². The van der Waals surface area contributed by atoms with Crippen LogP contribution in [-0.4, -0.2) is 5.43 Å². The van der Waals surface area contributed by atoms with Crippen LogP contribution in [0.4, 0.5) is 0 Å². The van der Waals surface area contributed by atoms with Gasteiger partial charge in [0.25, 0.3) is 0 Å². The molecule has 168 valence electrons. The Morgan fingerprint density at radius 2 is 1.00 bits per heavy atom. The van der Waals surface area contributed by atoms with Gasteiger partial charge in [0.1, 0.15) is 0 Å². The van der Waals surface area contributed by atoms with Gasteiger partial charge >= 0.3 is 41.9 Å². The molecule has 6 atom stereocenters. The first-order valence-electron chi connectivity index (χ1n) is 11.2. The Morgan fingerprint density at radius 3 is 1.27 bits per heavy atom. The van der Waals surface area contributed by atoms with E-state index < -0.39 is 0 Å². The second-order valence-corrected chi connectivity index (χ2v) is 19.1. The van der Waals surface area contributed by atoms with Crippen LogP contribution in [0, 0.1) is 60.2 Å². The number of allylic oxidation sites excluding steroid dienone is 8. The van der Waals surface area contributed by atoms with Crippen LogP contribution in [0.1, 0.15) is 40.5 Å². The van der Waals surface area contributed by atoms with Crippen molar-refractivity contribution < 1.29 is 48.1 Å². The Morgan fingerprint density at radius 1 is 0.700 bits per heavy atom. The van der Waals surface area contributed by atoms with E-state index in [4.69, 9.17) is 0 Å². The molecule has 4 aliphatic rings. The van der Waals surface area contributed by atoms with Crippen molar-refractivity contribution in [3.05, 3.63) is 61.4 Å². The minimum atomic E-state index is 0. The Bertz CT molecular complexity index is 529. The molecule has 0 radical (unpaired) electrons. The molecule has 0 amide bonds. The van der Waals surface area contributed by atoms with Crippen LogP contribution in [0.5, 0.6) is 0 Å². The smallest absolute Gasteiger partial charge is 1.00 e. The summed E-state index contributed by atoms with van der Waals surface area (Å²) in [4.78, 5) is 0. The Labute approximate surface area is 214 Å². The molecule has 0 aromatic rings. The van der Waals surface area contributed by atoms with E-state index in [1.165, 1.54) is 12.8 Å². The number of fused-ring (bicyclic) bond motifs is 2. The summed E-state index contributed by atoms with van der Waals surface area (Å²) in [5.41, 5.74) is 0.210. The largest absolute Gasteiger partial charge is 1.00 e. The monoisotopic (exact) mass is 540 g/mol. The molecule has 0 bridgehead atoms. The number of hydrogen-bond donors (Lipinski definition) is 0. The van der Waals surface area contributed by atoms with Crippen molar-refractivity contribution in [1.82, 2.24) is 0 Å². The van der Waals surface area contributed by atoms with Crippen molar-refractivity contribution in [2.75, 3.05) is 0 Å². The van der Waals surface area contributed by atoms with E-state index in [-0.39, 0.29) is 30.2 Å². The predicted molar refractivity (Wildman–Crippen MR) is 122 cm³/mol. The van der Waals surface area contributed by atoms with Gasteiger partial charge in [0, 0.05) is 0 Å². The van der Waals surface area contributed by atoms with Gasteiger partial charge in [0.15, 0.2) is 0 Å². The molecule has 6 unspecified atom stereocenters. The molecule has 0 N–H and O–H groups in total. The Kier molecular flexibility index (Phi) is 15.8. The zero-order valence-corrected chi connectivity index (χ0v) is 24.5. The maximum atomic E-state index is 2.54. The minimum Gasteiger partial charge on any atom is -1.00 e. The van der Waals surface area contributed by atoms with Crippen molar-refractivity contribution in [3.63, 3.8) is 0 Å². The molecule has 0 aromatic carbocycles. The van der Waals surface area contributed by atoms with Crippen LogP contribution in [0.2, 0.25) is 13.1 Å². The molecule has 0 aromatic heterocycles. The first-order chi connectivity index (χ1) is 13.3. The molecule has 0 aliphatic heterocycles. The van der Waals surface area contributed by atoms with Crippen LogP contribution in [0.15, 0.2) is 48.6 Å². The summed E-state index contributed by atoms with van der Waals surface area (Å²) < 4.78 is 0. The van der Waals surface area contributed by atoms with Gasteiger partial charge in [-0.05, 0) is 11.8 Å². The maximum absolute atomic E-state index is 2.54. The number of hydrogen-bond acceptors (Lipinski definition) is 0. The molecule has 2 saturated carbocycles. The predicted octanol–water partition coefficient (Wildman–Crippen LogP) is 1.24. The summed E-state index contributed by atoms with van der Waals surface area (Å²) in [6.07, 6.45) is 26.0.